The quantitative estimate of drug-likeness (QED) is 0.720. The van der Waals surface area contributed by atoms with Crippen LogP contribution in [0.4, 0.5) is 0 Å². The number of likely N-dealkylation sites (tertiary alicyclic amines) is 1. The van der Waals surface area contributed by atoms with Crippen LogP contribution in [0.25, 0.3) is 0 Å². The molecule has 1 aliphatic carbocycles. The fourth-order valence-electron chi connectivity index (χ4n) is 2.95. The number of rotatable bonds is 3. The van der Waals surface area contributed by atoms with Gasteiger partial charge in [0.15, 0.2) is 0 Å². The Morgan fingerprint density at radius 2 is 1.89 bits per heavy atom. The number of carboxylic acids is 1. The molecule has 2 fully saturated rings. The van der Waals surface area contributed by atoms with Gasteiger partial charge in [-0.1, -0.05) is 13.8 Å². The van der Waals surface area contributed by atoms with Crippen molar-refractivity contribution in [1.29, 1.82) is 0 Å². The highest BCUT2D eigenvalue weighted by atomic mass is 16.4. The summed E-state index contributed by atoms with van der Waals surface area (Å²) in [5, 5.41) is 9.05. The second kappa shape index (κ2) is 3.96. The Hall–Kier alpha value is -1.59. The molecule has 6 heteroatoms. The lowest BCUT2D eigenvalue weighted by Gasteiger charge is -2.16. The molecule has 3 N–H and O–H groups in total. The maximum absolute atomic E-state index is 12.2. The highest BCUT2D eigenvalue weighted by Crippen LogP contribution is 2.59. The normalized spacial score (nSPS) is 33.2. The van der Waals surface area contributed by atoms with Crippen LogP contribution in [0.2, 0.25) is 0 Å². The number of nitrogens with two attached hydrogens (primary N) is 1. The molecular formula is C12H18N2O4. The van der Waals surface area contributed by atoms with E-state index in [1.165, 1.54) is 0 Å². The minimum atomic E-state index is -0.927. The van der Waals surface area contributed by atoms with Crippen LogP contribution in [0.15, 0.2) is 0 Å². The number of carbonyl (C=O) groups excluding carboxylic acids is 2. The molecular weight excluding hydrogens is 236 g/mol. The lowest BCUT2D eigenvalue weighted by Crippen LogP contribution is -2.34. The lowest BCUT2D eigenvalue weighted by molar-refractivity contribution is -0.142. The topological polar surface area (TPSA) is 101 Å². The Kier molecular flexibility index (Phi) is 2.83. The van der Waals surface area contributed by atoms with Crippen LogP contribution in [0.3, 0.4) is 0 Å². The highest BCUT2D eigenvalue weighted by molar-refractivity contribution is 5.92. The standard InChI is InChI=1S/C12H18N2O4/c1-12(2)7(8(12)11(17)18)10(16)14-4-3-6(5-14)9(13)15/h6-8H,3-5H2,1-2H3,(H2,13,15)(H,17,18). The van der Waals surface area contributed by atoms with Gasteiger partial charge in [0, 0.05) is 13.1 Å². The molecule has 1 saturated carbocycles. The van der Waals surface area contributed by atoms with Crippen molar-refractivity contribution in [2.24, 2.45) is 28.9 Å². The van der Waals surface area contributed by atoms with Gasteiger partial charge in [-0.05, 0) is 11.8 Å². The van der Waals surface area contributed by atoms with Crippen molar-refractivity contribution in [3.8, 4) is 0 Å². The minimum Gasteiger partial charge on any atom is -0.481 e. The maximum atomic E-state index is 12.2. The minimum absolute atomic E-state index is 0.156. The van der Waals surface area contributed by atoms with Gasteiger partial charge in [-0.15, -0.1) is 0 Å². The van der Waals surface area contributed by atoms with Crippen molar-refractivity contribution >= 4 is 17.8 Å². The average molecular weight is 254 g/mol. The average Bonchev–Trinajstić information content (AvgIpc) is 2.64. The maximum Gasteiger partial charge on any atom is 0.307 e. The van der Waals surface area contributed by atoms with Gasteiger partial charge in [0.25, 0.3) is 0 Å². The summed E-state index contributed by atoms with van der Waals surface area (Å²) in [4.78, 5) is 35.9. The molecule has 0 spiro atoms. The molecule has 1 heterocycles. The summed E-state index contributed by atoms with van der Waals surface area (Å²) in [6, 6.07) is 0. The first-order valence-corrected chi connectivity index (χ1v) is 6.07. The fraction of sp³-hybridized carbons (Fsp3) is 0.750. The van der Waals surface area contributed by atoms with Crippen molar-refractivity contribution in [1.82, 2.24) is 4.90 Å². The zero-order chi connectivity index (χ0) is 13.7. The molecule has 0 radical (unpaired) electrons. The number of amides is 2. The van der Waals surface area contributed by atoms with Gasteiger partial charge in [-0.2, -0.15) is 0 Å². The molecule has 3 atom stereocenters. The Morgan fingerprint density at radius 1 is 1.28 bits per heavy atom. The van der Waals surface area contributed by atoms with Gasteiger partial charge >= 0.3 is 5.97 Å². The van der Waals surface area contributed by atoms with E-state index >= 15 is 0 Å². The molecule has 0 aromatic rings. The monoisotopic (exact) mass is 254 g/mol. The summed E-state index contributed by atoms with van der Waals surface area (Å²) in [7, 11) is 0. The van der Waals surface area contributed by atoms with E-state index in [4.69, 9.17) is 10.8 Å². The molecule has 100 valence electrons. The van der Waals surface area contributed by atoms with E-state index in [0.29, 0.717) is 19.5 Å². The van der Waals surface area contributed by atoms with Crippen LogP contribution in [0.5, 0.6) is 0 Å². The summed E-state index contributed by atoms with van der Waals surface area (Å²) >= 11 is 0. The predicted molar refractivity (Wildman–Crippen MR) is 62.3 cm³/mol. The summed E-state index contributed by atoms with van der Waals surface area (Å²) in [6.45, 7) is 4.39. The lowest BCUT2D eigenvalue weighted by atomic mass is 10.1. The first-order valence-electron chi connectivity index (χ1n) is 6.07. The van der Waals surface area contributed by atoms with Crippen molar-refractivity contribution in [3.05, 3.63) is 0 Å². The SMILES string of the molecule is CC1(C)C(C(=O)O)C1C(=O)N1CCC(C(N)=O)C1. The summed E-state index contributed by atoms with van der Waals surface area (Å²) in [5.74, 6) is -2.85. The van der Waals surface area contributed by atoms with E-state index in [9.17, 15) is 14.4 Å². The fourth-order valence-corrected chi connectivity index (χ4v) is 2.95. The highest BCUT2D eigenvalue weighted by Gasteiger charge is 2.66. The molecule has 0 aromatic carbocycles. The molecule has 3 unspecified atom stereocenters. The van der Waals surface area contributed by atoms with E-state index in [1.807, 2.05) is 0 Å². The smallest absolute Gasteiger partial charge is 0.307 e. The van der Waals surface area contributed by atoms with E-state index in [0.717, 1.165) is 0 Å². The molecule has 18 heavy (non-hydrogen) atoms. The number of hydrogen-bond donors (Lipinski definition) is 2. The Labute approximate surface area is 105 Å². The summed E-state index contributed by atoms with van der Waals surface area (Å²) in [6.07, 6.45) is 0.575. The van der Waals surface area contributed by atoms with Gasteiger partial charge in [0.2, 0.25) is 11.8 Å². The van der Waals surface area contributed by atoms with E-state index < -0.39 is 29.1 Å². The number of carbonyl (C=O) groups is 3. The third-order valence-corrected chi connectivity index (χ3v) is 4.26. The zero-order valence-corrected chi connectivity index (χ0v) is 10.5. The van der Waals surface area contributed by atoms with Gasteiger partial charge in [0.05, 0.1) is 17.8 Å². The van der Waals surface area contributed by atoms with Crippen LogP contribution in [0.1, 0.15) is 20.3 Å². The number of aliphatic carboxylic acids is 1. The molecule has 0 aromatic heterocycles. The van der Waals surface area contributed by atoms with Gasteiger partial charge in [-0.25, -0.2) is 0 Å². The number of nitrogens with zero attached hydrogens (tertiary/aromatic N) is 1. The molecule has 6 nitrogen and oxygen atoms in total. The van der Waals surface area contributed by atoms with Crippen LogP contribution >= 0.6 is 0 Å². The number of carboxylic acid groups (broad SMARTS) is 1. The molecule has 1 aliphatic heterocycles. The predicted octanol–water partition coefficient (Wildman–Crippen LogP) is -0.323. The first-order chi connectivity index (χ1) is 8.26. The Bertz CT molecular complexity index is 418. The number of primary amides is 1. The van der Waals surface area contributed by atoms with Crippen molar-refractivity contribution < 1.29 is 19.5 Å². The molecule has 0 bridgehead atoms. The largest absolute Gasteiger partial charge is 0.481 e. The third kappa shape index (κ3) is 1.85. The molecule has 2 rings (SSSR count). The zero-order valence-electron chi connectivity index (χ0n) is 10.5. The Balaban J connectivity index is 2.02. The molecule has 1 saturated heterocycles. The number of hydrogen-bond acceptors (Lipinski definition) is 3. The van der Waals surface area contributed by atoms with E-state index in [1.54, 1.807) is 18.7 Å². The second-order valence-electron chi connectivity index (χ2n) is 5.79. The second-order valence-corrected chi connectivity index (χ2v) is 5.79. The molecule has 2 aliphatic rings. The molecule has 2 amide bonds. The van der Waals surface area contributed by atoms with Crippen molar-refractivity contribution in [3.63, 3.8) is 0 Å². The van der Waals surface area contributed by atoms with Gasteiger partial charge < -0.3 is 15.7 Å². The van der Waals surface area contributed by atoms with E-state index in [-0.39, 0.29) is 11.8 Å². The van der Waals surface area contributed by atoms with Gasteiger partial charge in [0.1, 0.15) is 0 Å². The first kappa shape index (κ1) is 12.9. The summed E-state index contributed by atoms with van der Waals surface area (Å²) in [5.41, 5.74) is 4.72. The Morgan fingerprint density at radius 3 is 2.28 bits per heavy atom. The van der Waals surface area contributed by atoms with Crippen LogP contribution < -0.4 is 5.73 Å². The van der Waals surface area contributed by atoms with Crippen molar-refractivity contribution in [2.75, 3.05) is 13.1 Å². The van der Waals surface area contributed by atoms with E-state index in [2.05, 4.69) is 0 Å². The van der Waals surface area contributed by atoms with Crippen molar-refractivity contribution in [2.45, 2.75) is 20.3 Å². The van der Waals surface area contributed by atoms with Gasteiger partial charge in [-0.3, -0.25) is 14.4 Å². The van der Waals surface area contributed by atoms with Crippen LogP contribution in [-0.2, 0) is 14.4 Å². The van der Waals surface area contributed by atoms with Crippen LogP contribution in [0, 0.1) is 23.2 Å². The third-order valence-electron chi connectivity index (χ3n) is 4.26. The van der Waals surface area contributed by atoms with Crippen LogP contribution in [-0.4, -0.2) is 40.9 Å². The summed E-state index contributed by atoms with van der Waals surface area (Å²) < 4.78 is 0.